The number of rotatable bonds is 6. The van der Waals surface area contributed by atoms with Gasteiger partial charge < -0.3 is 10.1 Å². The van der Waals surface area contributed by atoms with Crippen molar-refractivity contribution in [3.8, 4) is 0 Å². The van der Waals surface area contributed by atoms with Gasteiger partial charge in [0.15, 0.2) is 5.13 Å². The molecule has 2 rings (SSSR count). The first kappa shape index (κ1) is 14.8. The molecule has 0 saturated carbocycles. The fraction of sp³-hybridized carbons (Fsp3) is 0.182. The van der Waals surface area contributed by atoms with E-state index in [2.05, 4.69) is 15.6 Å². The number of aryl methyl sites for hydroxylation is 1. The molecule has 1 amide bonds. The van der Waals surface area contributed by atoms with Crippen molar-refractivity contribution in [2.45, 2.75) is 13.0 Å². The summed E-state index contributed by atoms with van der Waals surface area (Å²) >= 11 is 0.910. The van der Waals surface area contributed by atoms with Crippen molar-refractivity contribution in [3.05, 3.63) is 44.5 Å². The van der Waals surface area contributed by atoms with Crippen molar-refractivity contribution in [2.24, 2.45) is 5.10 Å². The number of carbonyl (C=O) groups is 1. The van der Waals surface area contributed by atoms with Crippen LogP contribution >= 0.6 is 11.3 Å². The number of hydrazone groups is 1. The van der Waals surface area contributed by atoms with E-state index in [4.69, 9.17) is 0 Å². The van der Waals surface area contributed by atoms with E-state index in [0.29, 0.717) is 4.88 Å². The summed E-state index contributed by atoms with van der Waals surface area (Å²) in [5.74, 6) is -0.644. The van der Waals surface area contributed by atoms with Gasteiger partial charge in [0.2, 0.25) is 5.91 Å². The molecule has 0 atom stereocenters. The standard InChI is InChI=1S/C11H10FN5O3S/c12-9-2-1-8(21-9)7-13-14-11(18)4-6-16-5-3-10(15-16)17(19)20/h1-3,5,7H,4,6H2,(H,14,18)/b13-7+. The Morgan fingerprint density at radius 1 is 1.57 bits per heavy atom. The average Bonchev–Trinajstić information content (AvgIpc) is 3.05. The van der Waals surface area contributed by atoms with Crippen LogP contribution in [0.1, 0.15) is 11.3 Å². The summed E-state index contributed by atoms with van der Waals surface area (Å²) in [4.78, 5) is 21.9. The van der Waals surface area contributed by atoms with Gasteiger partial charge in [0.25, 0.3) is 0 Å². The molecule has 1 N–H and O–H groups in total. The van der Waals surface area contributed by atoms with E-state index in [0.717, 1.165) is 11.3 Å². The molecule has 0 unspecified atom stereocenters. The summed E-state index contributed by atoms with van der Waals surface area (Å²) in [6.07, 6.45) is 2.82. The van der Waals surface area contributed by atoms with Crippen LogP contribution in [-0.4, -0.2) is 26.8 Å². The van der Waals surface area contributed by atoms with E-state index in [-0.39, 0.29) is 29.8 Å². The highest BCUT2D eigenvalue weighted by Gasteiger charge is 2.11. The molecule has 110 valence electrons. The number of hydrogen-bond acceptors (Lipinski definition) is 6. The van der Waals surface area contributed by atoms with Crippen LogP contribution in [0.25, 0.3) is 0 Å². The van der Waals surface area contributed by atoms with E-state index in [1.165, 1.54) is 29.2 Å². The van der Waals surface area contributed by atoms with Crippen molar-refractivity contribution in [1.82, 2.24) is 15.2 Å². The van der Waals surface area contributed by atoms with Gasteiger partial charge >= 0.3 is 5.82 Å². The summed E-state index contributed by atoms with van der Waals surface area (Å²) in [6, 6.07) is 4.10. The number of carbonyl (C=O) groups excluding carboxylic acids is 1. The fourth-order valence-corrected chi connectivity index (χ4v) is 2.01. The number of amides is 1. The molecule has 0 aliphatic rings. The minimum absolute atomic E-state index is 0.0645. The van der Waals surface area contributed by atoms with Crippen LogP contribution in [0.15, 0.2) is 29.5 Å². The van der Waals surface area contributed by atoms with E-state index in [1.54, 1.807) is 6.07 Å². The van der Waals surface area contributed by atoms with Crippen LogP contribution in [0.4, 0.5) is 10.2 Å². The molecule has 0 aromatic carbocycles. The maximum atomic E-state index is 12.7. The van der Waals surface area contributed by atoms with E-state index >= 15 is 0 Å². The third-order valence-electron chi connectivity index (χ3n) is 2.36. The third-order valence-corrected chi connectivity index (χ3v) is 3.16. The Labute approximate surface area is 122 Å². The zero-order valence-electron chi connectivity index (χ0n) is 10.6. The van der Waals surface area contributed by atoms with E-state index < -0.39 is 4.92 Å². The van der Waals surface area contributed by atoms with Crippen molar-refractivity contribution in [2.75, 3.05) is 0 Å². The van der Waals surface area contributed by atoms with Gasteiger partial charge in [-0.2, -0.15) is 14.2 Å². The summed E-state index contributed by atoms with van der Waals surface area (Å²) in [5, 5.41) is 17.5. The van der Waals surface area contributed by atoms with Gasteiger partial charge in [0, 0.05) is 6.42 Å². The Balaban J connectivity index is 1.76. The van der Waals surface area contributed by atoms with Gasteiger partial charge in [-0.05, 0) is 17.1 Å². The lowest BCUT2D eigenvalue weighted by Crippen LogP contribution is -2.19. The van der Waals surface area contributed by atoms with Crippen LogP contribution in [0.2, 0.25) is 0 Å². The molecule has 8 nitrogen and oxygen atoms in total. The van der Waals surface area contributed by atoms with Gasteiger partial charge in [-0.15, -0.1) is 11.3 Å². The summed E-state index contributed by atoms with van der Waals surface area (Å²) in [6.45, 7) is 0.197. The monoisotopic (exact) mass is 311 g/mol. The molecule has 0 radical (unpaired) electrons. The smallest absolute Gasteiger partial charge is 0.358 e. The van der Waals surface area contributed by atoms with Crippen LogP contribution < -0.4 is 5.43 Å². The Hall–Kier alpha value is -2.62. The van der Waals surface area contributed by atoms with Crippen molar-refractivity contribution < 1.29 is 14.1 Å². The van der Waals surface area contributed by atoms with E-state index in [1.807, 2.05) is 0 Å². The van der Waals surface area contributed by atoms with Crippen LogP contribution in [0.3, 0.4) is 0 Å². The van der Waals surface area contributed by atoms with Gasteiger partial charge in [-0.3, -0.25) is 4.79 Å². The SMILES string of the molecule is O=C(CCn1ccc([N+](=O)[O-])n1)N/N=C/c1ccc(F)s1. The van der Waals surface area contributed by atoms with Gasteiger partial charge in [-0.25, -0.2) is 5.43 Å². The zero-order valence-corrected chi connectivity index (χ0v) is 11.4. The highest BCUT2D eigenvalue weighted by molar-refractivity contribution is 7.12. The fourth-order valence-electron chi connectivity index (χ4n) is 1.41. The Morgan fingerprint density at radius 2 is 2.38 bits per heavy atom. The molecule has 0 fully saturated rings. The number of thiophene rings is 1. The minimum Gasteiger partial charge on any atom is -0.358 e. The molecular formula is C11H10FN5O3S. The lowest BCUT2D eigenvalue weighted by molar-refractivity contribution is -0.389. The van der Waals surface area contributed by atoms with Crippen LogP contribution in [0, 0.1) is 15.2 Å². The highest BCUT2D eigenvalue weighted by atomic mass is 32.1. The first-order chi connectivity index (χ1) is 10.0. The molecule has 2 heterocycles. The maximum absolute atomic E-state index is 12.7. The van der Waals surface area contributed by atoms with Gasteiger partial charge in [-0.1, -0.05) is 0 Å². The molecule has 0 aliphatic carbocycles. The van der Waals surface area contributed by atoms with Gasteiger partial charge in [0.05, 0.1) is 35.0 Å². The largest absolute Gasteiger partial charge is 0.389 e. The molecule has 2 aromatic rings. The lowest BCUT2D eigenvalue weighted by atomic mass is 10.4. The number of aromatic nitrogens is 2. The van der Waals surface area contributed by atoms with Gasteiger partial charge in [0.1, 0.15) is 0 Å². The summed E-state index contributed by atoms with van der Waals surface area (Å²) < 4.78 is 14.0. The molecule has 0 bridgehead atoms. The molecule has 0 aliphatic heterocycles. The predicted octanol–water partition coefficient (Wildman–Crippen LogP) is 1.53. The van der Waals surface area contributed by atoms with Crippen molar-refractivity contribution in [3.63, 3.8) is 0 Å². The second-order valence-electron chi connectivity index (χ2n) is 3.88. The number of nitro groups is 1. The number of halogens is 1. The number of nitrogens with one attached hydrogen (secondary N) is 1. The second kappa shape index (κ2) is 6.70. The zero-order chi connectivity index (χ0) is 15.2. The molecular weight excluding hydrogens is 301 g/mol. The van der Waals surface area contributed by atoms with Crippen molar-refractivity contribution in [1.29, 1.82) is 0 Å². The summed E-state index contributed by atoms with van der Waals surface area (Å²) in [7, 11) is 0. The normalized spacial score (nSPS) is 10.9. The van der Waals surface area contributed by atoms with Crippen molar-refractivity contribution >= 4 is 29.3 Å². The molecule has 0 saturated heterocycles. The van der Waals surface area contributed by atoms with Crippen LogP contribution in [0.5, 0.6) is 0 Å². The highest BCUT2D eigenvalue weighted by Crippen LogP contribution is 2.11. The molecule has 10 heteroatoms. The molecule has 2 aromatic heterocycles. The van der Waals surface area contributed by atoms with Crippen LogP contribution in [-0.2, 0) is 11.3 Å². The number of nitrogens with zero attached hydrogens (tertiary/aromatic N) is 4. The quantitative estimate of drug-likeness (QED) is 0.496. The topological polar surface area (TPSA) is 102 Å². The second-order valence-corrected chi connectivity index (χ2v) is 4.94. The summed E-state index contributed by atoms with van der Waals surface area (Å²) in [5.41, 5.74) is 2.28. The average molecular weight is 311 g/mol. The first-order valence-corrected chi connectivity index (χ1v) is 6.61. The minimum atomic E-state index is -0.610. The predicted molar refractivity (Wildman–Crippen MR) is 73.5 cm³/mol. The Morgan fingerprint density at radius 3 is 3.00 bits per heavy atom. The lowest BCUT2D eigenvalue weighted by Gasteiger charge is -1.97. The first-order valence-electron chi connectivity index (χ1n) is 5.79. The van der Waals surface area contributed by atoms with E-state index in [9.17, 15) is 19.3 Å². The Kier molecular flexibility index (Phi) is 4.72. The molecule has 21 heavy (non-hydrogen) atoms. The number of hydrogen-bond donors (Lipinski definition) is 1. The Bertz CT molecular complexity index is 681. The maximum Gasteiger partial charge on any atom is 0.389 e. The molecule has 0 spiro atoms. The third kappa shape index (κ3) is 4.45.